The minimum Gasteiger partial charge on any atom is -0.396 e. The van der Waals surface area contributed by atoms with Crippen molar-refractivity contribution < 1.29 is 9.90 Å². The van der Waals surface area contributed by atoms with Crippen molar-refractivity contribution in [3.05, 3.63) is 11.6 Å². The molecule has 6 nitrogen and oxygen atoms in total. The molecule has 0 spiro atoms. The quantitative estimate of drug-likeness (QED) is 0.705. The number of carbonyl (C=O) groups is 1. The number of aliphatic hydroxyl groups is 1. The van der Waals surface area contributed by atoms with Crippen molar-refractivity contribution >= 4 is 5.91 Å². The molecule has 1 rings (SSSR count). The third-order valence-corrected chi connectivity index (χ3v) is 2.41. The molecule has 0 aliphatic heterocycles. The Morgan fingerprint density at radius 2 is 2.18 bits per heavy atom. The zero-order valence-electron chi connectivity index (χ0n) is 10.7. The largest absolute Gasteiger partial charge is 0.396 e. The SMILES string of the molecule is CC(C)c1nc(C(=O)NCC(C)(C)CO)n[nH]1. The molecule has 0 saturated heterocycles. The topological polar surface area (TPSA) is 90.9 Å². The maximum absolute atomic E-state index is 11.7. The normalized spacial score (nSPS) is 11.9. The van der Waals surface area contributed by atoms with Gasteiger partial charge in [-0.3, -0.25) is 9.89 Å². The van der Waals surface area contributed by atoms with E-state index in [9.17, 15) is 4.79 Å². The van der Waals surface area contributed by atoms with E-state index >= 15 is 0 Å². The van der Waals surface area contributed by atoms with Gasteiger partial charge in [0.2, 0.25) is 5.82 Å². The van der Waals surface area contributed by atoms with Crippen LogP contribution in [0.5, 0.6) is 0 Å². The van der Waals surface area contributed by atoms with Gasteiger partial charge in [-0.05, 0) is 0 Å². The molecule has 3 N–H and O–H groups in total. The van der Waals surface area contributed by atoms with E-state index in [-0.39, 0.29) is 29.7 Å². The lowest BCUT2D eigenvalue weighted by Gasteiger charge is -2.21. The van der Waals surface area contributed by atoms with E-state index in [2.05, 4.69) is 20.5 Å². The Kier molecular flexibility index (Phi) is 4.22. The van der Waals surface area contributed by atoms with Gasteiger partial charge in [0.1, 0.15) is 5.82 Å². The Bertz CT molecular complexity index is 385. The predicted molar refractivity (Wildman–Crippen MR) is 63.7 cm³/mol. The Hall–Kier alpha value is -1.43. The number of H-pyrrole nitrogens is 1. The van der Waals surface area contributed by atoms with Gasteiger partial charge in [-0.25, -0.2) is 4.98 Å². The number of aromatic amines is 1. The number of hydrogen-bond acceptors (Lipinski definition) is 4. The van der Waals surface area contributed by atoms with Crippen molar-refractivity contribution in [2.24, 2.45) is 5.41 Å². The molecule has 96 valence electrons. The van der Waals surface area contributed by atoms with E-state index in [1.54, 1.807) is 0 Å². The molecule has 0 atom stereocenters. The van der Waals surface area contributed by atoms with Crippen LogP contribution in [-0.2, 0) is 0 Å². The summed E-state index contributed by atoms with van der Waals surface area (Å²) < 4.78 is 0. The van der Waals surface area contributed by atoms with Crippen LogP contribution in [0.2, 0.25) is 0 Å². The molecule has 0 radical (unpaired) electrons. The fourth-order valence-corrected chi connectivity index (χ4v) is 1.09. The highest BCUT2D eigenvalue weighted by Gasteiger charge is 2.20. The summed E-state index contributed by atoms with van der Waals surface area (Å²) in [6.07, 6.45) is 0. The standard InChI is InChI=1S/C11H20N4O2/c1-7(2)8-13-9(15-14-8)10(17)12-5-11(3,4)6-16/h7,16H,5-6H2,1-4H3,(H,12,17)(H,13,14,15). The molecule has 0 bridgehead atoms. The molecule has 0 fully saturated rings. The zero-order valence-corrected chi connectivity index (χ0v) is 10.7. The first-order valence-electron chi connectivity index (χ1n) is 5.67. The van der Waals surface area contributed by atoms with Crippen LogP contribution >= 0.6 is 0 Å². The summed E-state index contributed by atoms with van der Waals surface area (Å²) in [6.45, 7) is 8.07. The molecule has 6 heteroatoms. The van der Waals surface area contributed by atoms with Crippen molar-refractivity contribution in [3.8, 4) is 0 Å². The highest BCUT2D eigenvalue weighted by molar-refractivity contribution is 5.90. The molecule has 1 aromatic heterocycles. The van der Waals surface area contributed by atoms with Crippen LogP contribution < -0.4 is 5.32 Å². The Labute approximate surface area is 101 Å². The Morgan fingerprint density at radius 1 is 1.53 bits per heavy atom. The van der Waals surface area contributed by atoms with Gasteiger partial charge < -0.3 is 10.4 Å². The van der Waals surface area contributed by atoms with Gasteiger partial charge in [-0.2, -0.15) is 0 Å². The van der Waals surface area contributed by atoms with Gasteiger partial charge in [-0.1, -0.05) is 27.7 Å². The second kappa shape index (κ2) is 5.27. The number of aliphatic hydroxyl groups excluding tert-OH is 1. The van der Waals surface area contributed by atoms with Gasteiger partial charge in [0.25, 0.3) is 5.91 Å². The summed E-state index contributed by atoms with van der Waals surface area (Å²) in [4.78, 5) is 15.8. The van der Waals surface area contributed by atoms with Gasteiger partial charge >= 0.3 is 0 Å². The molecule has 1 heterocycles. The van der Waals surface area contributed by atoms with E-state index in [0.29, 0.717) is 12.4 Å². The third-order valence-electron chi connectivity index (χ3n) is 2.41. The number of carbonyl (C=O) groups excluding carboxylic acids is 1. The minimum absolute atomic E-state index is 0.0124. The molecule has 0 saturated carbocycles. The maximum Gasteiger partial charge on any atom is 0.290 e. The van der Waals surface area contributed by atoms with Crippen molar-refractivity contribution in [1.82, 2.24) is 20.5 Å². The third kappa shape index (κ3) is 3.81. The number of amides is 1. The van der Waals surface area contributed by atoms with E-state index in [1.807, 2.05) is 27.7 Å². The van der Waals surface area contributed by atoms with E-state index in [4.69, 9.17) is 5.11 Å². The van der Waals surface area contributed by atoms with Crippen LogP contribution in [0.25, 0.3) is 0 Å². The summed E-state index contributed by atoms with van der Waals surface area (Å²) in [5.41, 5.74) is -0.340. The summed E-state index contributed by atoms with van der Waals surface area (Å²) in [5.74, 6) is 0.714. The lowest BCUT2D eigenvalue weighted by molar-refractivity contribution is 0.0901. The van der Waals surface area contributed by atoms with Crippen LogP contribution in [0.4, 0.5) is 0 Å². The average molecular weight is 240 g/mol. The molecule has 0 aliphatic rings. The molecule has 0 aromatic carbocycles. The van der Waals surface area contributed by atoms with Gasteiger partial charge in [0, 0.05) is 24.5 Å². The fraction of sp³-hybridized carbons (Fsp3) is 0.727. The van der Waals surface area contributed by atoms with Crippen LogP contribution in [0.15, 0.2) is 0 Å². The molecule has 1 aromatic rings. The lowest BCUT2D eigenvalue weighted by atomic mass is 9.95. The van der Waals surface area contributed by atoms with Crippen molar-refractivity contribution in [2.45, 2.75) is 33.6 Å². The van der Waals surface area contributed by atoms with Crippen LogP contribution in [0.1, 0.15) is 50.1 Å². The highest BCUT2D eigenvalue weighted by Crippen LogP contribution is 2.12. The Balaban J connectivity index is 2.58. The van der Waals surface area contributed by atoms with E-state index in [0.717, 1.165) is 0 Å². The summed E-state index contributed by atoms with van der Waals surface area (Å²) in [6, 6.07) is 0. The molecule has 1 amide bonds. The maximum atomic E-state index is 11.7. The van der Waals surface area contributed by atoms with Crippen LogP contribution in [0.3, 0.4) is 0 Å². The number of nitrogens with zero attached hydrogens (tertiary/aromatic N) is 2. The van der Waals surface area contributed by atoms with Crippen molar-refractivity contribution in [1.29, 1.82) is 0 Å². The highest BCUT2D eigenvalue weighted by atomic mass is 16.3. The lowest BCUT2D eigenvalue weighted by Crippen LogP contribution is -2.36. The molecule has 0 aliphatic carbocycles. The molecule has 17 heavy (non-hydrogen) atoms. The Morgan fingerprint density at radius 3 is 2.65 bits per heavy atom. The monoisotopic (exact) mass is 240 g/mol. The van der Waals surface area contributed by atoms with E-state index in [1.165, 1.54) is 0 Å². The van der Waals surface area contributed by atoms with Crippen molar-refractivity contribution in [2.75, 3.05) is 13.2 Å². The summed E-state index contributed by atoms with van der Waals surface area (Å²) in [7, 11) is 0. The summed E-state index contributed by atoms with van der Waals surface area (Å²) in [5, 5.41) is 18.3. The second-order valence-corrected chi connectivity index (χ2v) is 5.20. The van der Waals surface area contributed by atoms with Crippen LogP contribution in [-0.4, -0.2) is 39.3 Å². The molecular formula is C11H20N4O2. The van der Waals surface area contributed by atoms with Crippen LogP contribution in [0, 0.1) is 5.41 Å². The first-order valence-corrected chi connectivity index (χ1v) is 5.67. The van der Waals surface area contributed by atoms with Gasteiger partial charge in [-0.15, -0.1) is 5.10 Å². The minimum atomic E-state index is -0.340. The van der Waals surface area contributed by atoms with Gasteiger partial charge in [0.05, 0.1) is 0 Å². The van der Waals surface area contributed by atoms with Crippen molar-refractivity contribution in [3.63, 3.8) is 0 Å². The zero-order chi connectivity index (χ0) is 13.1. The second-order valence-electron chi connectivity index (χ2n) is 5.20. The van der Waals surface area contributed by atoms with E-state index < -0.39 is 0 Å². The molecular weight excluding hydrogens is 220 g/mol. The first kappa shape index (κ1) is 13.6. The predicted octanol–water partition coefficient (Wildman–Crippen LogP) is 0.676. The fourth-order valence-electron chi connectivity index (χ4n) is 1.09. The number of nitrogens with one attached hydrogen (secondary N) is 2. The number of rotatable bonds is 5. The smallest absolute Gasteiger partial charge is 0.290 e. The average Bonchev–Trinajstić information content (AvgIpc) is 2.75. The summed E-state index contributed by atoms with van der Waals surface area (Å²) >= 11 is 0. The molecule has 0 unspecified atom stereocenters. The number of aromatic nitrogens is 3. The van der Waals surface area contributed by atoms with Gasteiger partial charge in [0.15, 0.2) is 0 Å². The first-order chi connectivity index (χ1) is 7.85. The number of hydrogen-bond donors (Lipinski definition) is 3.